The molecule has 1 aliphatic heterocycles. The number of hydrogen-bond donors (Lipinski definition) is 1. The van der Waals surface area contributed by atoms with E-state index in [1.165, 1.54) is 4.90 Å². The molecule has 2 rings (SSSR count). The van der Waals surface area contributed by atoms with Gasteiger partial charge in [0.2, 0.25) is 0 Å². The molecule has 18 heavy (non-hydrogen) atoms. The summed E-state index contributed by atoms with van der Waals surface area (Å²) >= 11 is 0. The van der Waals surface area contributed by atoms with Gasteiger partial charge in [0.05, 0.1) is 6.54 Å². The lowest BCUT2D eigenvalue weighted by Gasteiger charge is -2.47. The quantitative estimate of drug-likeness (QED) is 0.834. The van der Waals surface area contributed by atoms with Gasteiger partial charge in [-0.15, -0.1) is 0 Å². The summed E-state index contributed by atoms with van der Waals surface area (Å²) in [6.07, 6.45) is 0.353. The monoisotopic (exact) mass is 265 g/mol. The number of carboxylic acids is 1. The smallest absolute Gasteiger partial charge is 0.401 e. The number of rotatable bonds is 2. The van der Waals surface area contributed by atoms with Crippen LogP contribution in [0.5, 0.6) is 0 Å². The minimum absolute atomic E-state index is 0.199. The van der Waals surface area contributed by atoms with Gasteiger partial charge in [-0.3, -0.25) is 9.69 Å². The number of halogens is 3. The van der Waals surface area contributed by atoms with Crippen molar-refractivity contribution >= 4 is 5.97 Å². The summed E-state index contributed by atoms with van der Waals surface area (Å²) in [6.45, 7) is -1.09. The van der Waals surface area contributed by atoms with Gasteiger partial charge in [0.1, 0.15) is 6.04 Å². The van der Waals surface area contributed by atoms with E-state index in [9.17, 15) is 18.0 Å². The van der Waals surface area contributed by atoms with Crippen LogP contribution in [0, 0.1) is 5.92 Å². The van der Waals surface area contributed by atoms with E-state index < -0.39 is 24.7 Å². The van der Waals surface area contributed by atoms with Crippen molar-refractivity contribution in [3.63, 3.8) is 0 Å². The van der Waals surface area contributed by atoms with E-state index in [1.807, 2.05) is 0 Å². The summed E-state index contributed by atoms with van der Waals surface area (Å²) in [7, 11) is 0. The normalized spacial score (nSPS) is 34.1. The molecule has 1 aliphatic carbocycles. The highest BCUT2D eigenvalue weighted by molar-refractivity contribution is 5.73. The van der Waals surface area contributed by atoms with Gasteiger partial charge >= 0.3 is 12.1 Å². The van der Waals surface area contributed by atoms with Crippen molar-refractivity contribution in [2.75, 3.05) is 6.54 Å². The first-order valence-corrected chi connectivity index (χ1v) is 6.44. The standard InChI is InChI=1S/C12H18F3NO2/c13-12(14,15)7-16-9-4-2-1-3-8(9)5-6-10(16)11(17)18/h8-10H,1-7H2,(H,17,18). The molecule has 0 bridgehead atoms. The zero-order chi connectivity index (χ0) is 13.3. The molecule has 0 aromatic carbocycles. The fraction of sp³-hybridized carbons (Fsp3) is 0.917. The Morgan fingerprint density at radius 1 is 1.17 bits per heavy atom. The Balaban J connectivity index is 2.16. The Morgan fingerprint density at radius 3 is 2.44 bits per heavy atom. The molecule has 0 aromatic rings. The SMILES string of the molecule is O=C(O)C1CCC2CCCCC2N1CC(F)(F)F. The number of fused-ring (bicyclic) bond motifs is 1. The fourth-order valence-electron chi connectivity index (χ4n) is 3.43. The van der Waals surface area contributed by atoms with Gasteiger partial charge in [0, 0.05) is 6.04 Å². The lowest BCUT2D eigenvalue weighted by Crippen LogP contribution is -2.57. The van der Waals surface area contributed by atoms with Crippen LogP contribution < -0.4 is 0 Å². The molecule has 1 saturated heterocycles. The Hall–Kier alpha value is -0.780. The van der Waals surface area contributed by atoms with Crippen molar-refractivity contribution in [1.82, 2.24) is 4.90 Å². The van der Waals surface area contributed by atoms with Gasteiger partial charge in [-0.1, -0.05) is 12.8 Å². The number of aliphatic carboxylic acids is 1. The average molecular weight is 265 g/mol. The van der Waals surface area contributed by atoms with E-state index in [0.717, 1.165) is 25.7 Å². The molecule has 3 atom stereocenters. The third kappa shape index (κ3) is 2.96. The van der Waals surface area contributed by atoms with Crippen LogP contribution in [0.25, 0.3) is 0 Å². The topological polar surface area (TPSA) is 40.5 Å². The van der Waals surface area contributed by atoms with Gasteiger partial charge in [-0.05, 0) is 31.6 Å². The predicted octanol–water partition coefficient (Wildman–Crippen LogP) is 2.66. The van der Waals surface area contributed by atoms with Gasteiger partial charge in [0.15, 0.2) is 0 Å². The molecular formula is C12H18F3NO2. The molecule has 6 heteroatoms. The molecule has 104 valence electrons. The minimum Gasteiger partial charge on any atom is -0.480 e. The lowest BCUT2D eigenvalue weighted by molar-refractivity contribution is -0.176. The number of piperidine rings is 1. The Bertz CT molecular complexity index is 319. The van der Waals surface area contributed by atoms with Crippen LogP contribution in [0.2, 0.25) is 0 Å². The number of likely N-dealkylation sites (tertiary alicyclic amines) is 1. The van der Waals surface area contributed by atoms with E-state index in [4.69, 9.17) is 5.11 Å². The zero-order valence-corrected chi connectivity index (χ0v) is 10.1. The van der Waals surface area contributed by atoms with Crippen molar-refractivity contribution in [3.05, 3.63) is 0 Å². The average Bonchev–Trinajstić information content (AvgIpc) is 2.27. The molecule has 0 radical (unpaired) electrons. The Kier molecular flexibility index (Phi) is 3.84. The van der Waals surface area contributed by atoms with Crippen LogP contribution in [0.4, 0.5) is 13.2 Å². The maximum Gasteiger partial charge on any atom is 0.401 e. The summed E-state index contributed by atoms with van der Waals surface area (Å²) in [5, 5.41) is 9.09. The van der Waals surface area contributed by atoms with E-state index in [0.29, 0.717) is 12.8 Å². The summed E-state index contributed by atoms with van der Waals surface area (Å²) < 4.78 is 37.8. The second-order valence-electron chi connectivity index (χ2n) is 5.33. The van der Waals surface area contributed by atoms with Gasteiger partial charge < -0.3 is 5.11 Å². The molecule has 0 spiro atoms. The van der Waals surface area contributed by atoms with Crippen molar-refractivity contribution in [3.8, 4) is 0 Å². The number of carbonyl (C=O) groups is 1. The zero-order valence-electron chi connectivity index (χ0n) is 10.1. The maximum atomic E-state index is 12.6. The molecule has 3 unspecified atom stereocenters. The molecule has 1 saturated carbocycles. The Morgan fingerprint density at radius 2 is 1.83 bits per heavy atom. The van der Waals surface area contributed by atoms with E-state index in [1.54, 1.807) is 0 Å². The van der Waals surface area contributed by atoms with Crippen LogP contribution in [-0.2, 0) is 4.79 Å². The first-order valence-electron chi connectivity index (χ1n) is 6.44. The summed E-state index contributed by atoms with van der Waals surface area (Å²) in [5.74, 6) is -0.875. The second-order valence-corrected chi connectivity index (χ2v) is 5.33. The highest BCUT2D eigenvalue weighted by atomic mass is 19.4. The lowest BCUT2D eigenvalue weighted by atomic mass is 9.76. The fourth-order valence-corrected chi connectivity index (χ4v) is 3.43. The maximum absolute atomic E-state index is 12.6. The number of hydrogen-bond acceptors (Lipinski definition) is 2. The van der Waals surface area contributed by atoms with Crippen molar-refractivity contribution in [2.45, 2.75) is 56.8 Å². The largest absolute Gasteiger partial charge is 0.480 e. The molecule has 2 aliphatic rings. The number of alkyl halides is 3. The third-order valence-electron chi connectivity index (χ3n) is 4.15. The molecule has 0 aromatic heterocycles. The second kappa shape index (κ2) is 5.07. The summed E-state index contributed by atoms with van der Waals surface area (Å²) in [6, 6.07) is -1.17. The first-order chi connectivity index (χ1) is 8.38. The van der Waals surface area contributed by atoms with Gasteiger partial charge in [-0.2, -0.15) is 13.2 Å². The molecule has 3 nitrogen and oxygen atoms in total. The molecule has 1 N–H and O–H groups in total. The van der Waals surface area contributed by atoms with E-state index >= 15 is 0 Å². The van der Waals surface area contributed by atoms with Crippen LogP contribution in [-0.4, -0.2) is 40.8 Å². The highest BCUT2D eigenvalue weighted by Gasteiger charge is 2.45. The van der Waals surface area contributed by atoms with Crippen LogP contribution >= 0.6 is 0 Å². The van der Waals surface area contributed by atoms with Crippen LogP contribution in [0.3, 0.4) is 0 Å². The first kappa shape index (κ1) is 13.6. The summed E-state index contributed by atoms with van der Waals surface area (Å²) in [4.78, 5) is 12.3. The molecule has 0 amide bonds. The highest BCUT2D eigenvalue weighted by Crippen LogP contribution is 2.39. The third-order valence-corrected chi connectivity index (χ3v) is 4.15. The van der Waals surface area contributed by atoms with E-state index in [2.05, 4.69) is 0 Å². The minimum atomic E-state index is -4.33. The van der Waals surface area contributed by atoms with Gasteiger partial charge in [-0.25, -0.2) is 0 Å². The van der Waals surface area contributed by atoms with E-state index in [-0.39, 0.29) is 12.0 Å². The molecule has 1 heterocycles. The number of carboxylic acid groups (broad SMARTS) is 1. The molecule has 2 fully saturated rings. The van der Waals surface area contributed by atoms with Crippen molar-refractivity contribution in [2.24, 2.45) is 5.92 Å². The van der Waals surface area contributed by atoms with Crippen LogP contribution in [0.15, 0.2) is 0 Å². The number of nitrogens with zero attached hydrogens (tertiary/aromatic N) is 1. The van der Waals surface area contributed by atoms with Gasteiger partial charge in [0.25, 0.3) is 0 Å². The predicted molar refractivity (Wildman–Crippen MR) is 59.2 cm³/mol. The van der Waals surface area contributed by atoms with Crippen molar-refractivity contribution < 1.29 is 23.1 Å². The van der Waals surface area contributed by atoms with Crippen molar-refractivity contribution in [1.29, 1.82) is 0 Å². The summed E-state index contributed by atoms with van der Waals surface area (Å²) in [5.41, 5.74) is 0. The van der Waals surface area contributed by atoms with Crippen LogP contribution in [0.1, 0.15) is 38.5 Å². The Labute approximate surface area is 104 Å². The molecular weight excluding hydrogens is 247 g/mol.